The Morgan fingerprint density at radius 2 is 1.82 bits per heavy atom. The summed E-state index contributed by atoms with van der Waals surface area (Å²) in [5.41, 5.74) is 3.04. The van der Waals surface area contributed by atoms with Gasteiger partial charge in [-0.3, -0.25) is 14.6 Å². The van der Waals surface area contributed by atoms with Crippen LogP contribution in [0.25, 0.3) is 6.08 Å². The number of hydrogen-bond donors (Lipinski definition) is 1. The van der Waals surface area contributed by atoms with E-state index >= 15 is 0 Å². The van der Waals surface area contributed by atoms with E-state index in [0.717, 1.165) is 50.4 Å². The van der Waals surface area contributed by atoms with Crippen molar-refractivity contribution in [3.8, 4) is 0 Å². The van der Waals surface area contributed by atoms with Crippen LogP contribution >= 0.6 is 11.6 Å². The molecule has 148 valence electrons. The molecule has 5 heteroatoms. The van der Waals surface area contributed by atoms with Gasteiger partial charge in [0.15, 0.2) is 0 Å². The van der Waals surface area contributed by atoms with Crippen LogP contribution in [0.2, 0.25) is 5.02 Å². The molecule has 3 rings (SSSR count). The second-order valence-electron chi connectivity index (χ2n) is 7.25. The average Bonchev–Trinajstić information content (AvgIpc) is 2.90. The molecular formula is C23H28ClN3O. The van der Waals surface area contributed by atoms with Crippen molar-refractivity contribution in [1.82, 2.24) is 9.80 Å². The van der Waals surface area contributed by atoms with Crippen LogP contribution in [0.3, 0.4) is 0 Å². The summed E-state index contributed by atoms with van der Waals surface area (Å²) in [6.45, 7) is 7.22. The number of carbonyl (C=O) groups excluding carboxylic acids is 1. The lowest BCUT2D eigenvalue weighted by atomic mass is 10.2. The average molecular weight is 398 g/mol. The number of nitrogens with zero attached hydrogens (tertiary/aromatic N) is 2. The predicted octanol–water partition coefficient (Wildman–Crippen LogP) is 4.31. The molecule has 1 amide bonds. The van der Waals surface area contributed by atoms with E-state index < -0.39 is 0 Å². The van der Waals surface area contributed by atoms with Crippen LogP contribution in [0, 0.1) is 6.92 Å². The third-order valence-corrected chi connectivity index (χ3v) is 5.22. The Kier molecular flexibility index (Phi) is 7.66. The Balaban J connectivity index is 1.44. The molecule has 0 unspecified atom stereocenters. The zero-order valence-corrected chi connectivity index (χ0v) is 17.2. The normalized spacial score (nSPS) is 16.2. The molecule has 0 spiro atoms. The maximum absolute atomic E-state index is 12.4. The monoisotopic (exact) mass is 397 g/mol. The molecule has 4 nitrogen and oxygen atoms in total. The molecule has 0 saturated carbocycles. The van der Waals surface area contributed by atoms with Crippen LogP contribution in [0.4, 0.5) is 5.69 Å². The fraction of sp³-hybridized carbons (Fsp3) is 0.348. The van der Waals surface area contributed by atoms with Crippen molar-refractivity contribution in [1.29, 1.82) is 0 Å². The lowest BCUT2D eigenvalue weighted by molar-refractivity contribution is -0.117. The van der Waals surface area contributed by atoms with Crippen LogP contribution in [0.1, 0.15) is 17.5 Å². The minimum Gasteiger partial charge on any atom is -0.325 e. The predicted molar refractivity (Wildman–Crippen MR) is 118 cm³/mol. The number of carbonyl (C=O) groups is 1. The Labute approximate surface area is 172 Å². The van der Waals surface area contributed by atoms with Crippen molar-refractivity contribution < 1.29 is 4.79 Å². The third kappa shape index (κ3) is 6.48. The summed E-state index contributed by atoms with van der Waals surface area (Å²) >= 11 is 5.98. The fourth-order valence-electron chi connectivity index (χ4n) is 3.43. The molecule has 1 N–H and O–H groups in total. The SMILES string of the molecule is Cc1cc(Cl)ccc1NC(=O)CN1CCCN(C/C=C/c2ccccc2)CC1. The summed E-state index contributed by atoms with van der Waals surface area (Å²) in [7, 11) is 0. The first kappa shape index (κ1) is 20.6. The van der Waals surface area contributed by atoms with Gasteiger partial charge in [0.25, 0.3) is 0 Å². The van der Waals surface area contributed by atoms with Crippen molar-refractivity contribution in [2.75, 3.05) is 44.6 Å². The summed E-state index contributed by atoms with van der Waals surface area (Å²) in [6, 6.07) is 15.9. The lowest BCUT2D eigenvalue weighted by Crippen LogP contribution is -2.36. The van der Waals surface area contributed by atoms with Gasteiger partial charge in [-0.15, -0.1) is 0 Å². The summed E-state index contributed by atoms with van der Waals surface area (Å²) < 4.78 is 0. The van der Waals surface area contributed by atoms with Gasteiger partial charge in [0.2, 0.25) is 5.91 Å². The second kappa shape index (κ2) is 10.4. The molecule has 2 aromatic rings. The van der Waals surface area contributed by atoms with E-state index in [1.807, 2.05) is 25.1 Å². The molecule has 1 saturated heterocycles. The van der Waals surface area contributed by atoms with Crippen LogP contribution in [0.15, 0.2) is 54.6 Å². The lowest BCUT2D eigenvalue weighted by Gasteiger charge is -2.20. The number of aryl methyl sites for hydroxylation is 1. The van der Waals surface area contributed by atoms with Gasteiger partial charge >= 0.3 is 0 Å². The van der Waals surface area contributed by atoms with Gasteiger partial charge in [-0.25, -0.2) is 0 Å². The van der Waals surface area contributed by atoms with E-state index in [0.29, 0.717) is 11.6 Å². The van der Waals surface area contributed by atoms with Gasteiger partial charge in [-0.05, 0) is 55.8 Å². The number of halogens is 1. The van der Waals surface area contributed by atoms with E-state index in [-0.39, 0.29) is 5.91 Å². The Bertz CT molecular complexity index is 807. The zero-order chi connectivity index (χ0) is 19.8. The number of amides is 1. The van der Waals surface area contributed by atoms with Crippen molar-refractivity contribution in [2.24, 2.45) is 0 Å². The number of anilines is 1. The van der Waals surface area contributed by atoms with Gasteiger partial charge in [-0.1, -0.05) is 54.1 Å². The molecular weight excluding hydrogens is 370 g/mol. The minimum absolute atomic E-state index is 0.0304. The highest BCUT2D eigenvalue weighted by Crippen LogP contribution is 2.19. The summed E-state index contributed by atoms with van der Waals surface area (Å²) in [4.78, 5) is 17.1. The molecule has 28 heavy (non-hydrogen) atoms. The van der Waals surface area contributed by atoms with Gasteiger partial charge in [0, 0.05) is 30.3 Å². The highest BCUT2D eigenvalue weighted by Gasteiger charge is 2.16. The summed E-state index contributed by atoms with van der Waals surface area (Å²) in [6.07, 6.45) is 5.47. The van der Waals surface area contributed by atoms with Crippen LogP contribution in [-0.4, -0.2) is 55.0 Å². The first-order valence-electron chi connectivity index (χ1n) is 9.82. The number of rotatable bonds is 6. The number of nitrogens with one attached hydrogen (secondary N) is 1. The van der Waals surface area contributed by atoms with Crippen molar-refractivity contribution >= 4 is 29.3 Å². The molecule has 0 radical (unpaired) electrons. The molecule has 1 fully saturated rings. The third-order valence-electron chi connectivity index (χ3n) is 4.98. The highest BCUT2D eigenvalue weighted by molar-refractivity contribution is 6.30. The van der Waals surface area contributed by atoms with Crippen LogP contribution in [0.5, 0.6) is 0 Å². The Morgan fingerprint density at radius 3 is 2.61 bits per heavy atom. The largest absolute Gasteiger partial charge is 0.325 e. The summed E-state index contributed by atoms with van der Waals surface area (Å²) in [5.74, 6) is 0.0304. The quantitative estimate of drug-likeness (QED) is 0.788. The van der Waals surface area contributed by atoms with Gasteiger partial charge in [-0.2, -0.15) is 0 Å². The Hall–Kier alpha value is -2.14. The Morgan fingerprint density at radius 1 is 1.07 bits per heavy atom. The summed E-state index contributed by atoms with van der Waals surface area (Å²) in [5, 5.41) is 3.69. The minimum atomic E-state index is 0.0304. The molecule has 0 bridgehead atoms. The van der Waals surface area contributed by atoms with Gasteiger partial charge in [0.05, 0.1) is 6.54 Å². The number of hydrogen-bond acceptors (Lipinski definition) is 3. The molecule has 0 aromatic heterocycles. The van der Waals surface area contributed by atoms with Crippen molar-refractivity contribution in [2.45, 2.75) is 13.3 Å². The molecule has 1 heterocycles. The topological polar surface area (TPSA) is 35.6 Å². The maximum Gasteiger partial charge on any atom is 0.238 e. The smallest absolute Gasteiger partial charge is 0.238 e. The van der Waals surface area contributed by atoms with E-state index in [1.54, 1.807) is 6.07 Å². The first-order valence-corrected chi connectivity index (χ1v) is 10.2. The van der Waals surface area contributed by atoms with Crippen molar-refractivity contribution in [3.63, 3.8) is 0 Å². The standard InChI is InChI=1S/C23H28ClN3O/c1-19-17-21(24)10-11-22(19)25-23(28)18-27-14-6-13-26(15-16-27)12-5-9-20-7-3-2-4-8-20/h2-5,7-11,17H,6,12-16,18H2,1H3,(H,25,28)/b9-5+. The van der Waals surface area contributed by atoms with Crippen LogP contribution in [-0.2, 0) is 4.79 Å². The highest BCUT2D eigenvalue weighted by atomic mass is 35.5. The van der Waals surface area contributed by atoms with Gasteiger partial charge in [0.1, 0.15) is 0 Å². The molecule has 0 aliphatic carbocycles. The maximum atomic E-state index is 12.4. The zero-order valence-electron chi connectivity index (χ0n) is 16.4. The second-order valence-corrected chi connectivity index (χ2v) is 7.69. The van der Waals surface area contributed by atoms with Crippen LogP contribution < -0.4 is 5.32 Å². The number of benzene rings is 2. The molecule has 1 aliphatic rings. The van der Waals surface area contributed by atoms with Gasteiger partial charge < -0.3 is 5.32 Å². The van der Waals surface area contributed by atoms with E-state index in [9.17, 15) is 4.79 Å². The fourth-order valence-corrected chi connectivity index (χ4v) is 3.65. The van der Waals surface area contributed by atoms with Crippen molar-refractivity contribution in [3.05, 3.63) is 70.8 Å². The molecule has 1 aliphatic heterocycles. The van der Waals surface area contributed by atoms with E-state index in [4.69, 9.17) is 11.6 Å². The van der Waals surface area contributed by atoms with E-state index in [2.05, 4.69) is 51.5 Å². The molecule has 2 aromatic carbocycles. The molecule has 0 atom stereocenters. The van der Waals surface area contributed by atoms with E-state index in [1.165, 1.54) is 5.56 Å². The first-order chi connectivity index (χ1) is 13.6.